The third-order valence-corrected chi connectivity index (χ3v) is 6.86. The summed E-state index contributed by atoms with van der Waals surface area (Å²) in [5, 5.41) is 7.37. The van der Waals surface area contributed by atoms with Crippen LogP contribution in [0.25, 0.3) is 11.3 Å². The first-order chi connectivity index (χ1) is 15.6. The van der Waals surface area contributed by atoms with E-state index in [1.54, 1.807) is 18.6 Å². The van der Waals surface area contributed by atoms with Crippen molar-refractivity contribution in [3.63, 3.8) is 0 Å². The third kappa shape index (κ3) is 6.03. The fraction of sp³-hybridized carbons (Fsp3) is 0.583. The molecule has 0 unspecified atom stereocenters. The van der Waals surface area contributed by atoms with Crippen LogP contribution in [0.3, 0.4) is 0 Å². The van der Waals surface area contributed by atoms with Crippen LogP contribution in [0.1, 0.15) is 44.7 Å². The molecule has 0 spiro atoms. The number of Topliss-reactive ketones (excluding diaryl/α,β-unsaturated/α-hetero) is 1. The molecule has 0 saturated carbocycles. The van der Waals surface area contributed by atoms with Crippen molar-refractivity contribution < 1.29 is 9.53 Å². The Hall–Kier alpha value is -2.09. The molecule has 2 aliphatic heterocycles. The van der Waals surface area contributed by atoms with Crippen LogP contribution >= 0.6 is 11.6 Å². The lowest BCUT2D eigenvalue weighted by molar-refractivity contribution is -0.122. The van der Waals surface area contributed by atoms with Gasteiger partial charge in [0.25, 0.3) is 0 Å². The zero-order chi connectivity index (χ0) is 22.3. The van der Waals surface area contributed by atoms with Crippen molar-refractivity contribution in [3.8, 4) is 11.3 Å². The van der Waals surface area contributed by atoms with Gasteiger partial charge in [0.15, 0.2) is 0 Å². The summed E-state index contributed by atoms with van der Waals surface area (Å²) in [5.41, 5.74) is 2.14. The number of anilines is 1. The summed E-state index contributed by atoms with van der Waals surface area (Å²) in [6.45, 7) is 5.42. The van der Waals surface area contributed by atoms with Gasteiger partial charge >= 0.3 is 0 Å². The molecule has 2 fully saturated rings. The lowest BCUT2D eigenvalue weighted by Gasteiger charge is -2.28. The minimum atomic E-state index is 0.0521. The van der Waals surface area contributed by atoms with Gasteiger partial charge in [-0.3, -0.25) is 14.8 Å². The summed E-state index contributed by atoms with van der Waals surface area (Å²) in [6, 6.07) is 2.41. The molecule has 172 valence electrons. The van der Waals surface area contributed by atoms with Crippen molar-refractivity contribution in [2.75, 3.05) is 31.6 Å². The number of rotatable bonds is 8. The Balaban J connectivity index is 1.41. The van der Waals surface area contributed by atoms with Crippen LogP contribution in [0.15, 0.2) is 24.7 Å². The zero-order valence-corrected chi connectivity index (χ0v) is 19.4. The second-order valence-electron chi connectivity index (χ2n) is 8.81. The molecule has 2 aromatic rings. The Morgan fingerprint density at radius 2 is 2.06 bits per heavy atom. The van der Waals surface area contributed by atoms with Crippen molar-refractivity contribution >= 4 is 23.2 Å². The quantitative estimate of drug-likeness (QED) is 0.620. The van der Waals surface area contributed by atoms with Gasteiger partial charge in [0.05, 0.1) is 23.1 Å². The first-order valence-electron chi connectivity index (χ1n) is 11.7. The van der Waals surface area contributed by atoms with E-state index < -0.39 is 0 Å². The van der Waals surface area contributed by atoms with Crippen LogP contribution in [0, 0.1) is 11.8 Å². The molecular formula is C24H32ClN5O2. The molecule has 0 aliphatic carbocycles. The van der Waals surface area contributed by atoms with Crippen molar-refractivity contribution in [1.29, 1.82) is 0 Å². The predicted molar refractivity (Wildman–Crippen MR) is 126 cm³/mol. The predicted octanol–water partition coefficient (Wildman–Crippen LogP) is 3.92. The fourth-order valence-corrected chi connectivity index (χ4v) is 4.62. The summed E-state index contributed by atoms with van der Waals surface area (Å²) >= 11 is 6.44. The van der Waals surface area contributed by atoms with E-state index in [1.165, 1.54) is 0 Å². The third-order valence-electron chi connectivity index (χ3n) is 6.56. The maximum Gasteiger partial charge on any atom is 0.145 e. The average Bonchev–Trinajstić information content (AvgIpc) is 2.85. The van der Waals surface area contributed by atoms with Crippen LogP contribution in [0.5, 0.6) is 0 Å². The molecule has 0 radical (unpaired) electrons. The summed E-state index contributed by atoms with van der Waals surface area (Å²) < 4.78 is 5.43. The number of ketones is 1. The van der Waals surface area contributed by atoms with Gasteiger partial charge < -0.3 is 15.4 Å². The number of piperidine rings is 1. The number of ether oxygens (including phenoxy) is 1. The minimum absolute atomic E-state index is 0.0521. The molecular weight excluding hydrogens is 426 g/mol. The normalized spacial score (nSPS) is 21.9. The Kier molecular flexibility index (Phi) is 8.05. The van der Waals surface area contributed by atoms with Gasteiger partial charge in [0.1, 0.15) is 11.6 Å². The molecule has 0 amide bonds. The molecule has 32 heavy (non-hydrogen) atoms. The van der Waals surface area contributed by atoms with E-state index in [0.717, 1.165) is 75.5 Å². The smallest absolute Gasteiger partial charge is 0.145 e. The van der Waals surface area contributed by atoms with Gasteiger partial charge in [-0.25, -0.2) is 4.98 Å². The Morgan fingerprint density at radius 3 is 2.81 bits per heavy atom. The minimum Gasteiger partial charge on any atom is -0.381 e. The van der Waals surface area contributed by atoms with Crippen molar-refractivity contribution in [2.45, 2.75) is 51.5 Å². The second-order valence-corrected chi connectivity index (χ2v) is 9.22. The topological polar surface area (TPSA) is 89.0 Å². The van der Waals surface area contributed by atoms with Gasteiger partial charge in [-0.2, -0.15) is 0 Å². The molecule has 8 heteroatoms. The largest absolute Gasteiger partial charge is 0.381 e. The van der Waals surface area contributed by atoms with Gasteiger partial charge in [0, 0.05) is 62.1 Å². The summed E-state index contributed by atoms with van der Waals surface area (Å²) in [7, 11) is 0. The molecule has 2 aromatic heterocycles. The van der Waals surface area contributed by atoms with Gasteiger partial charge in [-0.15, -0.1) is 0 Å². The standard InChI is InChI=1S/C24H32ClN5O2/c1-2-18-4-3-17(12-27-18)23(31)10-19-9-20(21(25)13-28-19)22-14-26-15-24(30-22)29-11-16-5-7-32-8-6-16/h9,13-18,27H,2-8,10-12H2,1H3,(H,29,30)/t17-,18-/m1/s1. The van der Waals surface area contributed by atoms with E-state index in [-0.39, 0.29) is 11.7 Å². The zero-order valence-electron chi connectivity index (χ0n) is 18.6. The van der Waals surface area contributed by atoms with E-state index >= 15 is 0 Å². The van der Waals surface area contributed by atoms with E-state index in [9.17, 15) is 4.79 Å². The number of aromatic nitrogens is 3. The van der Waals surface area contributed by atoms with Crippen molar-refractivity contribution in [2.24, 2.45) is 11.8 Å². The van der Waals surface area contributed by atoms with E-state index in [4.69, 9.17) is 21.3 Å². The molecule has 0 aromatic carbocycles. The first kappa shape index (κ1) is 23.1. The van der Waals surface area contributed by atoms with Crippen LogP contribution in [-0.2, 0) is 16.0 Å². The lowest BCUT2D eigenvalue weighted by Crippen LogP contribution is -2.41. The van der Waals surface area contributed by atoms with Crippen LogP contribution in [0.2, 0.25) is 5.02 Å². The van der Waals surface area contributed by atoms with Gasteiger partial charge in [-0.1, -0.05) is 18.5 Å². The van der Waals surface area contributed by atoms with Gasteiger partial charge in [0.2, 0.25) is 0 Å². The van der Waals surface area contributed by atoms with Crippen molar-refractivity contribution in [3.05, 3.63) is 35.4 Å². The average molecular weight is 458 g/mol. The molecule has 4 rings (SSSR count). The number of hydrogen-bond acceptors (Lipinski definition) is 7. The number of nitrogens with one attached hydrogen (secondary N) is 2. The Bertz CT molecular complexity index is 911. The number of pyridine rings is 1. The number of halogens is 1. The Labute approximate surface area is 194 Å². The van der Waals surface area contributed by atoms with E-state index in [1.807, 2.05) is 6.07 Å². The lowest BCUT2D eigenvalue weighted by atomic mass is 9.88. The van der Waals surface area contributed by atoms with E-state index in [0.29, 0.717) is 29.1 Å². The highest BCUT2D eigenvalue weighted by molar-refractivity contribution is 6.33. The maximum atomic E-state index is 12.8. The molecule has 2 atom stereocenters. The van der Waals surface area contributed by atoms with E-state index in [2.05, 4.69) is 27.5 Å². The number of nitrogens with zero attached hydrogens (tertiary/aromatic N) is 3. The highest BCUT2D eigenvalue weighted by Crippen LogP contribution is 2.28. The highest BCUT2D eigenvalue weighted by Gasteiger charge is 2.25. The maximum absolute atomic E-state index is 12.8. The van der Waals surface area contributed by atoms with Crippen LogP contribution in [-0.4, -0.2) is 53.1 Å². The number of hydrogen-bond donors (Lipinski definition) is 2. The van der Waals surface area contributed by atoms with Crippen molar-refractivity contribution in [1.82, 2.24) is 20.3 Å². The number of carbonyl (C=O) groups is 1. The SMILES string of the molecule is CC[C@@H]1CC[C@@H](C(=O)Cc2cc(-c3cncc(NCC4CCOCC4)n3)c(Cl)cn2)CN1. The van der Waals surface area contributed by atoms with Crippen LogP contribution < -0.4 is 10.6 Å². The highest BCUT2D eigenvalue weighted by atomic mass is 35.5. The summed E-state index contributed by atoms with van der Waals surface area (Å²) in [5.74, 6) is 1.58. The summed E-state index contributed by atoms with van der Waals surface area (Å²) in [6.07, 6.45) is 10.6. The fourth-order valence-electron chi connectivity index (χ4n) is 4.42. The molecule has 2 N–H and O–H groups in total. The number of carbonyl (C=O) groups excluding carboxylic acids is 1. The monoisotopic (exact) mass is 457 g/mol. The summed E-state index contributed by atoms with van der Waals surface area (Å²) in [4.78, 5) is 26.3. The molecule has 7 nitrogen and oxygen atoms in total. The second kappa shape index (κ2) is 11.2. The molecule has 0 bridgehead atoms. The molecule has 2 aliphatic rings. The first-order valence-corrected chi connectivity index (χ1v) is 12.0. The molecule has 4 heterocycles. The van der Waals surface area contributed by atoms with Crippen LogP contribution in [0.4, 0.5) is 5.82 Å². The molecule has 2 saturated heterocycles. The van der Waals surface area contributed by atoms with Gasteiger partial charge in [-0.05, 0) is 44.1 Å². The Morgan fingerprint density at radius 1 is 1.22 bits per heavy atom.